The Morgan fingerprint density at radius 2 is 2.03 bits per heavy atom. The lowest BCUT2D eigenvalue weighted by molar-refractivity contribution is -0.119. The van der Waals surface area contributed by atoms with Gasteiger partial charge in [0.2, 0.25) is 5.91 Å². The van der Waals surface area contributed by atoms with Crippen LogP contribution in [0.25, 0.3) is 11.1 Å². The van der Waals surface area contributed by atoms with Crippen LogP contribution in [-0.4, -0.2) is 42.7 Å². The molecule has 2 amide bonds. The second-order valence-electron chi connectivity index (χ2n) is 6.98. The van der Waals surface area contributed by atoms with Gasteiger partial charge in [-0.05, 0) is 29.3 Å². The Labute approximate surface area is 179 Å². The van der Waals surface area contributed by atoms with Gasteiger partial charge in [0.05, 0.1) is 23.8 Å². The number of cyclic esters (lactones) is 1. The molecule has 0 saturated carbocycles. The summed E-state index contributed by atoms with van der Waals surface area (Å²) >= 11 is 4.82. The zero-order valence-electron chi connectivity index (χ0n) is 16.5. The average Bonchev–Trinajstić information content (AvgIpc) is 3.07. The standard InChI is InChI=1S/C21H23FN4O3S/c1-13(27)25-10-17-12-26(21(28)29-17)16-6-7-18(19(22)8-16)15-4-2-14(3-5-15)9-24-11-20(23)30/h2-8,17,24H,9-12H2,1H3,(H2,23,30)(H,25,27)/t17-/m0/s1. The van der Waals surface area contributed by atoms with Crippen molar-refractivity contribution in [1.29, 1.82) is 0 Å². The largest absolute Gasteiger partial charge is 0.442 e. The Kier molecular flexibility index (Phi) is 6.96. The Morgan fingerprint density at radius 3 is 2.67 bits per heavy atom. The Bertz CT molecular complexity index is 952. The first-order chi connectivity index (χ1) is 14.3. The normalized spacial score (nSPS) is 15.7. The van der Waals surface area contributed by atoms with E-state index < -0.39 is 18.0 Å². The number of rotatable bonds is 8. The van der Waals surface area contributed by atoms with E-state index in [4.69, 9.17) is 22.7 Å². The first kappa shape index (κ1) is 21.7. The molecular weight excluding hydrogens is 407 g/mol. The number of nitrogens with zero attached hydrogens (tertiary/aromatic N) is 1. The maximum Gasteiger partial charge on any atom is 0.414 e. The number of nitrogens with one attached hydrogen (secondary N) is 2. The van der Waals surface area contributed by atoms with Crippen LogP contribution in [0.3, 0.4) is 0 Å². The highest BCUT2D eigenvalue weighted by molar-refractivity contribution is 7.80. The van der Waals surface area contributed by atoms with Crippen molar-refractivity contribution in [3.05, 3.63) is 53.8 Å². The number of benzene rings is 2. The van der Waals surface area contributed by atoms with E-state index in [2.05, 4.69) is 10.6 Å². The first-order valence-electron chi connectivity index (χ1n) is 9.44. The number of thiocarbonyl (C=S) groups is 1. The predicted molar refractivity (Wildman–Crippen MR) is 117 cm³/mol. The van der Waals surface area contributed by atoms with Gasteiger partial charge in [-0.25, -0.2) is 9.18 Å². The summed E-state index contributed by atoms with van der Waals surface area (Å²) in [5, 5.41) is 5.73. The topological polar surface area (TPSA) is 96.7 Å². The van der Waals surface area contributed by atoms with E-state index in [9.17, 15) is 14.0 Å². The fourth-order valence-electron chi connectivity index (χ4n) is 3.13. The van der Waals surface area contributed by atoms with E-state index in [-0.39, 0.29) is 19.0 Å². The lowest BCUT2D eigenvalue weighted by atomic mass is 10.0. The molecule has 7 nitrogen and oxygen atoms in total. The highest BCUT2D eigenvalue weighted by Gasteiger charge is 2.32. The van der Waals surface area contributed by atoms with Crippen LogP contribution < -0.4 is 21.3 Å². The molecule has 0 aliphatic carbocycles. The summed E-state index contributed by atoms with van der Waals surface area (Å²) in [6, 6.07) is 12.1. The summed E-state index contributed by atoms with van der Waals surface area (Å²) in [4.78, 5) is 24.9. The fourth-order valence-corrected chi connectivity index (χ4v) is 3.24. The van der Waals surface area contributed by atoms with Crippen molar-refractivity contribution in [2.24, 2.45) is 5.73 Å². The van der Waals surface area contributed by atoms with E-state index >= 15 is 0 Å². The van der Waals surface area contributed by atoms with Crippen molar-refractivity contribution in [2.45, 2.75) is 19.6 Å². The van der Waals surface area contributed by atoms with Crippen LogP contribution in [0.5, 0.6) is 0 Å². The summed E-state index contributed by atoms with van der Waals surface area (Å²) in [7, 11) is 0. The molecule has 0 radical (unpaired) electrons. The van der Waals surface area contributed by atoms with Crippen molar-refractivity contribution in [3.8, 4) is 11.1 Å². The van der Waals surface area contributed by atoms with Gasteiger partial charge in [0.1, 0.15) is 11.9 Å². The minimum Gasteiger partial charge on any atom is -0.442 e. The molecule has 1 heterocycles. The van der Waals surface area contributed by atoms with Crippen molar-refractivity contribution < 1.29 is 18.7 Å². The number of halogens is 1. The smallest absolute Gasteiger partial charge is 0.414 e. The summed E-state index contributed by atoms with van der Waals surface area (Å²) in [6.45, 7) is 2.91. The molecule has 30 heavy (non-hydrogen) atoms. The molecule has 0 unspecified atom stereocenters. The number of hydrogen-bond acceptors (Lipinski definition) is 5. The Hall–Kier alpha value is -3.04. The highest BCUT2D eigenvalue weighted by atomic mass is 32.1. The molecule has 9 heteroatoms. The van der Waals surface area contributed by atoms with Crippen LogP contribution in [0.4, 0.5) is 14.9 Å². The van der Waals surface area contributed by atoms with Gasteiger partial charge in [0.25, 0.3) is 0 Å². The number of amides is 2. The first-order valence-corrected chi connectivity index (χ1v) is 9.85. The van der Waals surface area contributed by atoms with Gasteiger partial charge in [0.15, 0.2) is 0 Å². The van der Waals surface area contributed by atoms with Gasteiger partial charge in [-0.15, -0.1) is 0 Å². The molecular formula is C21H23FN4O3S. The van der Waals surface area contributed by atoms with Crippen LogP contribution in [0.2, 0.25) is 0 Å². The maximum absolute atomic E-state index is 14.8. The minimum atomic E-state index is -0.564. The second kappa shape index (κ2) is 9.64. The molecule has 0 bridgehead atoms. The second-order valence-corrected chi connectivity index (χ2v) is 7.51. The molecule has 1 fully saturated rings. The zero-order chi connectivity index (χ0) is 21.7. The van der Waals surface area contributed by atoms with E-state index in [1.165, 1.54) is 17.9 Å². The number of carbonyl (C=O) groups is 2. The third-order valence-electron chi connectivity index (χ3n) is 4.61. The predicted octanol–water partition coefficient (Wildman–Crippen LogP) is 2.33. The van der Waals surface area contributed by atoms with Gasteiger partial charge >= 0.3 is 6.09 Å². The van der Waals surface area contributed by atoms with E-state index in [1.807, 2.05) is 24.3 Å². The molecule has 0 spiro atoms. The molecule has 0 aromatic heterocycles. The molecule has 2 aromatic rings. The SMILES string of the molecule is CC(=O)NC[C@H]1CN(c2ccc(-c3ccc(CNCC(N)=S)cc3)c(F)c2)C(=O)O1. The average molecular weight is 431 g/mol. The quantitative estimate of drug-likeness (QED) is 0.557. The summed E-state index contributed by atoms with van der Waals surface area (Å²) in [6.07, 6.45) is -1.04. The Morgan fingerprint density at radius 1 is 1.30 bits per heavy atom. The minimum absolute atomic E-state index is 0.204. The third kappa shape index (κ3) is 5.52. The van der Waals surface area contributed by atoms with E-state index in [0.29, 0.717) is 29.3 Å². The number of carbonyl (C=O) groups excluding carboxylic acids is 2. The van der Waals surface area contributed by atoms with Gasteiger partial charge in [0, 0.05) is 25.6 Å². The highest BCUT2D eigenvalue weighted by Crippen LogP contribution is 2.29. The summed E-state index contributed by atoms with van der Waals surface area (Å²) < 4.78 is 20.0. The molecule has 1 aliphatic heterocycles. The summed E-state index contributed by atoms with van der Waals surface area (Å²) in [5.74, 6) is -0.644. The number of ether oxygens (including phenoxy) is 1. The van der Waals surface area contributed by atoms with Crippen molar-refractivity contribution in [3.63, 3.8) is 0 Å². The molecule has 4 N–H and O–H groups in total. The molecule has 3 rings (SSSR count). The van der Waals surface area contributed by atoms with Gasteiger partial charge in [-0.2, -0.15) is 0 Å². The Balaban J connectivity index is 1.67. The van der Waals surface area contributed by atoms with Crippen molar-refractivity contribution >= 4 is 34.9 Å². The molecule has 2 aromatic carbocycles. The maximum atomic E-state index is 14.8. The van der Waals surface area contributed by atoms with Gasteiger partial charge in [-0.1, -0.05) is 36.5 Å². The fraction of sp³-hybridized carbons (Fsp3) is 0.286. The summed E-state index contributed by atoms with van der Waals surface area (Å²) in [5.41, 5.74) is 8.05. The van der Waals surface area contributed by atoms with Crippen molar-refractivity contribution in [2.75, 3.05) is 24.5 Å². The van der Waals surface area contributed by atoms with Crippen LogP contribution in [0, 0.1) is 5.82 Å². The number of nitrogens with two attached hydrogens (primary N) is 1. The molecule has 1 aliphatic rings. The zero-order valence-corrected chi connectivity index (χ0v) is 17.3. The number of anilines is 1. The van der Waals surface area contributed by atoms with Crippen LogP contribution >= 0.6 is 12.2 Å². The third-order valence-corrected chi connectivity index (χ3v) is 4.75. The van der Waals surface area contributed by atoms with Crippen molar-refractivity contribution in [1.82, 2.24) is 10.6 Å². The van der Waals surface area contributed by atoms with E-state index in [0.717, 1.165) is 11.1 Å². The number of hydrogen-bond donors (Lipinski definition) is 3. The van der Waals surface area contributed by atoms with Crippen LogP contribution in [0.1, 0.15) is 12.5 Å². The van der Waals surface area contributed by atoms with Crippen LogP contribution in [-0.2, 0) is 16.1 Å². The van der Waals surface area contributed by atoms with E-state index in [1.54, 1.807) is 12.1 Å². The molecule has 1 saturated heterocycles. The lowest BCUT2D eigenvalue weighted by Gasteiger charge is -2.15. The van der Waals surface area contributed by atoms with Gasteiger partial charge < -0.3 is 21.1 Å². The van der Waals surface area contributed by atoms with Gasteiger partial charge in [-0.3, -0.25) is 9.69 Å². The lowest BCUT2D eigenvalue weighted by Crippen LogP contribution is -2.33. The monoisotopic (exact) mass is 430 g/mol. The molecule has 1 atom stereocenters. The molecule has 158 valence electrons. The van der Waals surface area contributed by atoms with Crippen LogP contribution in [0.15, 0.2) is 42.5 Å².